The van der Waals surface area contributed by atoms with E-state index in [1.165, 1.54) is 23.1 Å². The van der Waals surface area contributed by atoms with Gasteiger partial charge in [-0.25, -0.2) is 9.97 Å². The number of aryl methyl sites for hydroxylation is 2. The Bertz CT molecular complexity index is 1610. The number of Topliss-reactive ketones (excluding diaryl/α,β-unsaturated/α-hetero) is 1. The number of ketones is 1. The zero-order valence-corrected chi connectivity index (χ0v) is 21.5. The van der Waals surface area contributed by atoms with Crippen molar-refractivity contribution in [2.45, 2.75) is 38.4 Å². The Morgan fingerprint density at radius 3 is 2.69 bits per heavy atom. The number of carbonyl (C=O) groups excluding carboxylic acids is 1. The zero-order chi connectivity index (χ0) is 24.5. The highest BCUT2D eigenvalue weighted by molar-refractivity contribution is 7.99. The lowest BCUT2D eigenvalue weighted by Crippen LogP contribution is -2.25. The summed E-state index contributed by atoms with van der Waals surface area (Å²) < 4.78 is 2.33. The van der Waals surface area contributed by atoms with Crippen LogP contribution in [-0.2, 0) is 6.54 Å². The van der Waals surface area contributed by atoms with Crippen molar-refractivity contribution in [3.05, 3.63) is 99.5 Å². The van der Waals surface area contributed by atoms with E-state index in [9.17, 15) is 9.59 Å². The first-order chi connectivity index (χ1) is 16.9. The molecule has 0 aliphatic rings. The molecule has 0 N–H and O–H groups in total. The van der Waals surface area contributed by atoms with E-state index in [-0.39, 0.29) is 23.0 Å². The fourth-order valence-electron chi connectivity index (χ4n) is 4.22. The molecule has 3 heterocycles. The van der Waals surface area contributed by atoms with Crippen LogP contribution in [0.25, 0.3) is 20.4 Å². The van der Waals surface area contributed by atoms with Crippen molar-refractivity contribution in [1.29, 1.82) is 0 Å². The average molecular weight is 500 g/mol. The van der Waals surface area contributed by atoms with Gasteiger partial charge < -0.3 is 0 Å². The van der Waals surface area contributed by atoms with Gasteiger partial charge in [0.15, 0.2) is 10.9 Å². The van der Waals surface area contributed by atoms with E-state index in [4.69, 9.17) is 4.98 Å². The van der Waals surface area contributed by atoms with Crippen LogP contribution in [0.15, 0.2) is 76.8 Å². The molecular weight excluding hydrogens is 474 g/mol. The number of hydrogen-bond donors (Lipinski definition) is 0. The molecule has 0 fully saturated rings. The zero-order valence-electron chi connectivity index (χ0n) is 19.8. The van der Waals surface area contributed by atoms with Crippen LogP contribution in [0.3, 0.4) is 0 Å². The van der Waals surface area contributed by atoms with E-state index < -0.39 is 0 Å². The molecule has 0 amide bonds. The minimum absolute atomic E-state index is 0.0325. The highest BCUT2D eigenvalue weighted by Gasteiger charge is 2.20. The van der Waals surface area contributed by atoms with Gasteiger partial charge in [0.05, 0.1) is 11.3 Å². The van der Waals surface area contributed by atoms with Crippen molar-refractivity contribution in [3.8, 4) is 0 Å². The van der Waals surface area contributed by atoms with Crippen LogP contribution in [-0.4, -0.2) is 26.1 Å². The van der Waals surface area contributed by atoms with Crippen LogP contribution in [0.4, 0.5) is 0 Å². The smallest absolute Gasteiger partial charge is 0.272 e. The Balaban J connectivity index is 1.56. The number of thioether (sulfide) groups is 1. The highest BCUT2D eigenvalue weighted by Crippen LogP contribution is 2.31. The van der Waals surface area contributed by atoms with Crippen LogP contribution < -0.4 is 5.56 Å². The molecule has 0 spiro atoms. The minimum Gasteiger partial charge on any atom is -0.293 e. The molecule has 1 atom stereocenters. The molecule has 7 heteroatoms. The van der Waals surface area contributed by atoms with Gasteiger partial charge in [-0.1, -0.05) is 66.7 Å². The molecule has 0 saturated carbocycles. The Morgan fingerprint density at radius 2 is 1.89 bits per heavy atom. The lowest BCUT2D eigenvalue weighted by molar-refractivity contribution is 0.102. The van der Waals surface area contributed by atoms with Gasteiger partial charge in [-0.3, -0.25) is 14.2 Å². The molecule has 2 aromatic carbocycles. The number of pyridine rings is 1. The molecular formula is C28H25N3O2S2. The molecule has 0 unspecified atom stereocenters. The highest BCUT2D eigenvalue weighted by atomic mass is 32.2. The van der Waals surface area contributed by atoms with E-state index in [0.717, 1.165) is 32.5 Å². The average Bonchev–Trinajstić information content (AvgIpc) is 3.25. The lowest BCUT2D eigenvalue weighted by Gasteiger charge is -2.17. The summed E-state index contributed by atoms with van der Waals surface area (Å²) in [5.74, 6) is 0.349. The SMILES string of the molecule is Cc1ccc(C)c(C(=O)CSc2nc3c(sc4ncccc43)c(=O)n2C[C@@H](C)c2ccccc2)c1. The predicted octanol–water partition coefficient (Wildman–Crippen LogP) is 6.40. The fourth-order valence-corrected chi connectivity index (χ4v) is 6.13. The monoisotopic (exact) mass is 499 g/mol. The Morgan fingerprint density at radius 1 is 1.09 bits per heavy atom. The van der Waals surface area contributed by atoms with Gasteiger partial charge in [-0.05, 0) is 49.1 Å². The van der Waals surface area contributed by atoms with Gasteiger partial charge in [-0.15, -0.1) is 11.3 Å². The van der Waals surface area contributed by atoms with Crippen molar-refractivity contribution < 1.29 is 4.79 Å². The van der Waals surface area contributed by atoms with Crippen LogP contribution in [0.1, 0.15) is 39.9 Å². The number of thiophene rings is 1. The number of rotatable bonds is 7. The van der Waals surface area contributed by atoms with Crippen LogP contribution in [0.5, 0.6) is 0 Å². The molecule has 3 aromatic heterocycles. The number of nitrogens with zero attached hydrogens (tertiary/aromatic N) is 3. The van der Waals surface area contributed by atoms with Gasteiger partial charge in [0.2, 0.25) is 0 Å². The lowest BCUT2D eigenvalue weighted by atomic mass is 10.0. The molecule has 5 nitrogen and oxygen atoms in total. The maximum absolute atomic E-state index is 13.7. The van der Waals surface area contributed by atoms with Crippen LogP contribution in [0.2, 0.25) is 0 Å². The van der Waals surface area contributed by atoms with Gasteiger partial charge in [-0.2, -0.15) is 0 Å². The van der Waals surface area contributed by atoms with E-state index in [1.54, 1.807) is 10.8 Å². The summed E-state index contributed by atoms with van der Waals surface area (Å²) in [7, 11) is 0. The topological polar surface area (TPSA) is 64.8 Å². The van der Waals surface area contributed by atoms with Crippen LogP contribution in [0, 0.1) is 13.8 Å². The van der Waals surface area contributed by atoms with Crippen molar-refractivity contribution in [2.24, 2.45) is 0 Å². The Kier molecular flexibility index (Phi) is 6.54. The molecule has 0 aliphatic heterocycles. The molecule has 5 aromatic rings. The number of hydrogen-bond acceptors (Lipinski definition) is 6. The standard InChI is InChI=1S/C28H25N3O2S2/c1-17-11-12-18(2)22(14-17)23(32)16-34-28-30-24-21-10-7-13-29-26(21)35-25(24)27(33)31(28)15-19(3)20-8-5-4-6-9-20/h4-14,19H,15-16H2,1-3H3/t19-/m1/s1. The molecule has 5 rings (SSSR count). The summed E-state index contributed by atoms with van der Waals surface area (Å²) in [6, 6.07) is 19.9. The number of fused-ring (bicyclic) bond motifs is 3. The normalized spacial score (nSPS) is 12.3. The maximum Gasteiger partial charge on any atom is 0.272 e. The quantitative estimate of drug-likeness (QED) is 0.147. The van der Waals surface area contributed by atoms with E-state index in [2.05, 4.69) is 24.0 Å². The summed E-state index contributed by atoms with van der Waals surface area (Å²) in [6.07, 6.45) is 1.73. The third-order valence-electron chi connectivity index (χ3n) is 6.17. The van der Waals surface area contributed by atoms with Crippen molar-refractivity contribution in [3.63, 3.8) is 0 Å². The van der Waals surface area contributed by atoms with Gasteiger partial charge in [0.25, 0.3) is 5.56 Å². The van der Waals surface area contributed by atoms with E-state index in [0.29, 0.717) is 21.9 Å². The predicted molar refractivity (Wildman–Crippen MR) is 145 cm³/mol. The molecule has 0 bridgehead atoms. The number of benzene rings is 2. The maximum atomic E-state index is 13.7. The first kappa shape index (κ1) is 23.5. The summed E-state index contributed by atoms with van der Waals surface area (Å²) in [4.78, 5) is 37.0. The first-order valence-corrected chi connectivity index (χ1v) is 13.3. The van der Waals surface area contributed by atoms with E-state index in [1.807, 2.05) is 62.4 Å². The molecule has 0 saturated heterocycles. The minimum atomic E-state index is -0.0810. The van der Waals surface area contributed by atoms with Crippen molar-refractivity contribution in [1.82, 2.24) is 14.5 Å². The summed E-state index contributed by atoms with van der Waals surface area (Å²) in [5, 5.41) is 1.43. The van der Waals surface area contributed by atoms with Crippen molar-refractivity contribution in [2.75, 3.05) is 5.75 Å². The molecule has 0 radical (unpaired) electrons. The number of aromatic nitrogens is 3. The van der Waals surface area contributed by atoms with E-state index >= 15 is 0 Å². The second-order valence-corrected chi connectivity index (χ2v) is 10.7. The molecule has 176 valence electrons. The second-order valence-electron chi connectivity index (χ2n) is 8.79. The Hall–Kier alpha value is -3.29. The first-order valence-electron chi connectivity index (χ1n) is 11.5. The van der Waals surface area contributed by atoms with Crippen LogP contribution >= 0.6 is 23.1 Å². The number of carbonyl (C=O) groups is 1. The fraction of sp³-hybridized carbons (Fsp3) is 0.214. The summed E-state index contributed by atoms with van der Waals surface area (Å²) in [5.41, 5.74) is 4.45. The third-order valence-corrected chi connectivity index (χ3v) is 8.24. The second kappa shape index (κ2) is 9.76. The van der Waals surface area contributed by atoms with Crippen molar-refractivity contribution >= 4 is 49.3 Å². The Labute approximate surface area is 211 Å². The summed E-state index contributed by atoms with van der Waals surface area (Å²) in [6.45, 7) is 6.52. The van der Waals surface area contributed by atoms with Gasteiger partial charge in [0, 0.05) is 23.7 Å². The summed E-state index contributed by atoms with van der Waals surface area (Å²) >= 11 is 2.70. The van der Waals surface area contributed by atoms with Gasteiger partial charge >= 0.3 is 0 Å². The molecule has 0 aliphatic carbocycles. The third kappa shape index (κ3) is 4.66. The molecule has 35 heavy (non-hydrogen) atoms. The largest absolute Gasteiger partial charge is 0.293 e. The van der Waals surface area contributed by atoms with Gasteiger partial charge in [0.1, 0.15) is 9.53 Å².